The second-order valence-corrected chi connectivity index (χ2v) is 3.94. The molecule has 0 aliphatic carbocycles. The first-order chi connectivity index (χ1) is 8.27. The monoisotopic (exact) mass is 249 g/mol. The fourth-order valence-electron chi connectivity index (χ4n) is 1.10. The number of methoxy groups -OCH3 is 1. The Hall–Kier alpha value is -0.200. The van der Waals surface area contributed by atoms with E-state index in [0.29, 0.717) is 45.7 Å². The third-order valence-electron chi connectivity index (χ3n) is 1.97. The Morgan fingerprint density at radius 3 is 1.71 bits per heavy atom. The summed E-state index contributed by atoms with van der Waals surface area (Å²) in [6.07, 6.45) is 0. The molecule has 0 spiro atoms. The summed E-state index contributed by atoms with van der Waals surface area (Å²) in [6, 6.07) is 0.513. The van der Waals surface area contributed by atoms with Crippen molar-refractivity contribution in [2.75, 3.05) is 59.9 Å². The number of hydrogen-bond acceptors (Lipinski definition) is 5. The summed E-state index contributed by atoms with van der Waals surface area (Å²) in [5.41, 5.74) is 0. The van der Waals surface area contributed by atoms with Crippen LogP contribution in [0.1, 0.15) is 13.8 Å². The highest BCUT2D eigenvalue weighted by Gasteiger charge is 1.93. The van der Waals surface area contributed by atoms with Crippen molar-refractivity contribution >= 4 is 0 Å². The summed E-state index contributed by atoms with van der Waals surface area (Å²) in [7, 11) is 1.66. The highest BCUT2D eigenvalue weighted by Crippen LogP contribution is 1.82. The lowest BCUT2D eigenvalue weighted by atomic mass is 10.4. The summed E-state index contributed by atoms with van der Waals surface area (Å²) >= 11 is 0. The van der Waals surface area contributed by atoms with E-state index in [0.717, 1.165) is 13.2 Å². The number of ether oxygens (including phenoxy) is 4. The molecule has 0 aliphatic rings. The average molecular weight is 249 g/mol. The maximum absolute atomic E-state index is 5.38. The van der Waals surface area contributed by atoms with Gasteiger partial charge < -0.3 is 24.3 Å². The molecule has 0 aromatic rings. The lowest BCUT2D eigenvalue weighted by molar-refractivity contribution is 0.00399. The van der Waals surface area contributed by atoms with Crippen molar-refractivity contribution in [2.45, 2.75) is 19.9 Å². The van der Waals surface area contributed by atoms with Gasteiger partial charge in [0, 0.05) is 19.7 Å². The molecular formula is C12H27NO4. The molecule has 0 aromatic heterocycles. The predicted molar refractivity (Wildman–Crippen MR) is 67.5 cm³/mol. The van der Waals surface area contributed by atoms with Gasteiger partial charge in [0.15, 0.2) is 0 Å². The number of hydrogen-bond donors (Lipinski definition) is 1. The second kappa shape index (κ2) is 13.9. The third-order valence-corrected chi connectivity index (χ3v) is 1.97. The van der Waals surface area contributed by atoms with Crippen LogP contribution < -0.4 is 5.32 Å². The Morgan fingerprint density at radius 1 is 0.765 bits per heavy atom. The van der Waals surface area contributed by atoms with E-state index < -0.39 is 0 Å². The Balaban J connectivity index is 2.89. The molecule has 0 radical (unpaired) electrons. The Morgan fingerprint density at radius 2 is 1.24 bits per heavy atom. The lowest BCUT2D eigenvalue weighted by Gasteiger charge is -2.09. The van der Waals surface area contributed by atoms with Crippen molar-refractivity contribution < 1.29 is 18.9 Å². The van der Waals surface area contributed by atoms with Crippen LogP contribution >= 0.6 is 0 Å². The van der Waals surface area contributed by atoms with Gasteiger partial charge in [-0.3, -0.25) is 0 Å². The van der Waals surface area contributed by atoms with Crippen molar-refractivity contribution in [3.05, 3.63) is 0 Å². The van der Waals surface area contributed by atoms with Gasteiger partial charge in [-0.2, -0.15) is 0 Å². The van der Waals surface area contributed by atoms with E-state index in [4.69, 9.17) is 18.9 Å². The standard InChI is InChI=1S/C12H27NO4/c1-12(2)13-4-5-15-8-9-17-11-10-16-7-6-14-3/h12-13H,4-11H2,1-3H3. The third kappa shape index (κ3) is 15.8. The molecule has 0 heterocycles. The lowest BCUT2D eigenvalue weighted by Crippen LogP contribution is -2.27. The first kappa shape index (κ1) is 16.8. The highest BCUT2D eigenvalue weighted by molar-refractivity contribution is 4.50. The fourth-order valence-corrected chi connectivity index (χ4v) is 1.10. The maximum Gasteiger partial charge on any atom is 0.0701 e. The normalized spacial score (nSPS) is 11.3. The largest absolute Gasteiger partial charge is 0.382 e. The van der Waals surface area contributed by atoms with E-state index in [1.807, 2.05) is 0 Å². The molecular weight excluding hydrogens is 222 g/mol. The molecule has 0 unspecified atom stereocenters. The molecule has 1 N–H and O–H groups in total. The van der Waals surface area contributed by atoms with Crippen LogP contribution in [-0.4, -0.2) is 65.9 Å². The molecule has 5 heteroatoms. The van der Waals surface area contributed by atoms with E-state index in [1.54, 1.807) is 7.11 Å². The molecule has 5 nitrogen and oxygen atoms in total. The van der Waals surface area contributed by atoms with Crippen LogP contribution in [0.5, 0.6) is 0 Å². The van der Waals surface area contributed by atoms with Gasteiger partial charge in [-0.05, 0) is 0 Å². The van der Waals surface area contributed by atoms with Gasteiger partial charge in [0.05, 0.1) is 46.2 Å². The van der Waals surface area contributed by atoms with Crippen LogP contribution in [-0.2, 0) is 18.9 Å². The van der Waals surface area contributed by atoms with Crippen LogP contribution in [0.4, 0.5) is 0 Å². The van der Waals surface area contributed by atoms with Crippen molar-refractivity contribution in [3.63, 3.8) is 0 Å². The average Bonchev–Trinajstić information content (AvgIpc) is 2.30. The summed E-state index contributed by atoms with van der Waals surface area (Å²) in [5.74, 6) is 0. The molecule has 0 aromatic carbocycles. The highest BCUT2D eigenvalue weighted by atomic mass is 16.6. The zero-order valence-electron chi connectivity index (χ0n) is 11.4. The topological polar surface area (TPSA) is 49.0 Å². The first-order valence-corrected chi connectivity index (χ1v) is 6.23. The Bertz CT molecular complexity index is 144. The molecule has 0 saturated carbocycles. The molecule has 0 saturated heterocycles. The van der Waals surface area contributed by atoms with Gasteiger partial charge in [-0.25, -0.2) is 0 Å². The minimum absolute atomic E-state index is 0.513. The molecule has 0 amide bonds. The molecule has 17 heavy (non-hydrogen) atoms. The number of nitrogens with one attached hydrogen (secondary N) is 1. The van der Waals surface area contributed by atoms with Crippen molar-refractivity contribution in [1.29, 1.82) is 0 Å². The molecule has 0 bridgehead atoms. The fraction of sp³-hybridized carbons (Fsp3) is 1.00. The van der Waals surface area contributed by atoms with Crippen LogP contribution in [0.15, 0.2) is 0 Å². The summed E-state index contributed by atoms with van der Waals surface area (Å²) in [5, 5.41) is 3.28. The van der Waals surface area contributed by atoms with E-state index in [2.05, 4.69) is 19.2 Å². The minimum Gasteiger partial charge on any atom is -0.382 e. The Kier molecular flexibility index (Phi) is 13.7. The van der Waals surface area contributed by atoms with Crippen molar-refractivity contribution in [1.82, 2.24) is 5.32 Å². The van der Waals surface area contributed by atoms with E-state index in [-0.39, 0.29) is 0 Å². The molecule has 104 valence electrons. The van der Waals surface area contributed by atoms with Crippen molar-refractivity contribution in [3.8, 4) is 0 Å². The zero-order valence-corrected chi connectivity index (χ0v) is 11.4. The molecule has 0 rings (SSSR count). The van der Waals surface area contributed by atoms with Crippen LogP contribution in [0, 0.1) is 0 Å². The second-order valence-electron chi connectivity index (χ2n) is 3.94. The van der Waals surface area contributed by atoms with Crippen LogP contribution in [0.3, 0.4) is 0 Å². The van der Waals surface area contributed by atoms with E-state index in [1.165, 1.54) is 0 Å². The summed E-state index contributed by atoms with van der Waals surface area (Å²) < 4.78 is 20.8. The smallest absolute Gasteiger partial charge is 0.0701 e. The van der Waals surface area contributed by atoms with Gasteiger partial charge in [-0.1, -0.05) is 13.8 Å². The summed E-state index contributed by atoms with van der Waals surface area (Å²) in [6.45, 7) is 9.58. The van der Waals surface area contributed by atoms with Gasteiger partial charge in [-0.15, -0.1) is 0 Å². The van der Waals surface area contributed by atoms with Crippen LogP contribution in [0.2, 0.25) is 0 Å². The maximum atomic E-state index is 5.38. The quantitative estimate of drug-likeness (QED) is 0.486. The van der Waals surface area contributed by atoms with Crippen LogP contribution in [0.25, 0.3) is 0 Å². The van der Waals surface area contributed by atoms with Crippen molar-refractivity contribution in [2.24, 2.45) is 0 Å². The zero-order chi connectivity index (χ0) is 12.8. The first-order valence-electron chi connectivity index (χ1n) is 6.23. The number of rotatable bonds is 13. The van der Waals surface area contributed by atoms with Gasteiger partial charge >= 0.3 is 0 Å². The predicted octanol–water partition coefficient (Wildman–Crippen LogP) is 0.681. The molecule has 0 aliphatic heterocycles. The molecule has 0 atom stereocenters. The van der Waals surface area contributed by atoms with E-state index in [9.17, 15) is 0 Å². The van der Waals surface area contributed by atoms with Gasteiger partial charge in [0.2, 0.25) is 0 Å². The molecule has 0 fully saturated rings. The van der Waals surface area contributed by atoms with Gasteiger partial charge in [0.25, 0.3) is 0 Å². The minimum atomic E-state index is 0.513. The van der Waals surface area contributed by atoms with E-state index >= 15 is 0 Å². The SMILES string of the molecule is COCCOCCOCCOCCNC(C)C. The Labute approximate surface area is 105 Å². The summed E-state index contributed by atoms with van der Waals surface area (Å²) in [4.78, 5) is 0. The van der Waals surface area contributed by atoms with Gasteiger partial charge in [0.1, 0.15) is 0 Å².